The number of aromatic nitrogens is 2. The number of amides is 1. The van der Waals surface area contributed by atoms with Crippen LogP contribution in [0, 0.1) is 5.92 Å². The van der Waals surface area contributed by atoms with Gasteiger partial charge in [-0.15, -0.1) is 0 Å². The number of rotatable bonds is 7. The number of likely N-dealkylation sites (tertiary alicyclic amines) is 1. The zero-order valence-electron chi connectivity index (χ0n) is 15.6. The molecule has 1 aliphatic heterocycles. The first-order valence-electron chi connectivity index (χ1n) is 9.31. The summed E-state index contributed by atoms with van der Waals surface area (Å²) in [7, 11) is 1.90. The molecule has 0 bridgehead atoms. The Labute approximate surface area is 155 Å². The topological polar surface area (TPSA) is 59.4 Å². The molecule has 1 amide bonds. The Morgan fingerprint density at radius 3 is 2.85 bits per heavy atom. The third kappa shape index (κ3) is 5.33. The van der Waals surface area contributed by atoms with Gasteiger partial charge in [0.1, 0.15) is 12.4 Å². The molecule has 0 radical (unpaired) electrons. The maximum Gasteiger partial charge on any atom is 0.234 e. The number of carbonyl (C=O) groups is 1. The van der Waals surface area contributed by atoms with E-state index in [1.165, 1.54) is 12.8 Å². The molecular formula is C20H28N4O2. The maximum atomic E-state index is 12.0. The van der Waals surface area contributed by atoms with Gasteiger partial charge in [-0.2, -0.15) is 5.10 Å². The first-order valence-corrected chi connectivity index (χ1v) is 9.31. The Balaban J connectivity index is 1.39. The minimum Gasteiger partial charge on any atom is -0.492 e. The third-order valence-corrected chi connectivity index (χ3v) is 4.81. The highest BCUT2D eigenvalue weighted by Gasteiger charge is 2.17. The fraction of sp³-hybridized carbons (Fsp3) is 0.500. The van der Waals surface area contributed by atoms with Crippen LogP contribution in [0.4, 0.5) is 0 Å². The molecule has 1 fully saturated rings. The summed E-state index contributed by atoms with van der Waals surface area (Å²) in [6.07, 6.45) is 6.18. The molecule has 26 heavy (non-hydrogen) atoms. The molecule has 3 rings (SSSR count). The molecule has 2 heterocycles. The molecule has 1 saturated heterocycles. The summed E-state index contributed by atoms with van der Waals surface area (Å²) < 4.78 is 7.55. The van der Waals surface area contributed by atoms with E-state index in [2.05, 4.69) is 22.2 Å². The Kier molecular flexibility index (Phi) is 6.28. The van der Waals surface area contributed by atoms with E-state index in [1.54, 1.807) is 4.68 Å². The Bertz CT molecular complexity index is 720. The van der Waals surface area contributed by atoms with Gasteiger partial charge < -0.3 is 10.1 Å². The lowest BCUT2D eigenvalue weighted by Crippen LogP contribution is -2.42. The van der Waals surface area contributed by atoms with Crippen LogP contribution in [-0.4, -0.2) is 53.4 Å². The van der Waals surface area contributed by atoms with Gasteiger partial charge in [0.2, 0.25) is 5.91 Å². The van der Waals surface area contributed by atoms with Crippen LogP contribution in [0.5, 0.6) is 5.75 Å². The van der Waals surface area contributed by atoms with Crippen molar-refractivity contribution in [1.82, 2.24) is 20.0 Å². The molecule has 2 aromatic rings. The number of carbonyl (C=O) groups excluding carboxylic acids is 1. The van der Waals surface area contributed by atoms with Gasteiger partial charge in [0.15, 0.2) is 0 Å². The number of piperidine rings is 1. The summed E-state index contributed by atoms with van der Waals surface area (Å²) >= 11 is 0. The quantitative estimate of drug-likeness (QED) is 0.774. The van der Waals surface area contributed by atoms with Gasteiger partial charge in [-0.05, 0) is 49.5 Å². The highest BCUT2D eigenvalue weighted by Crippen LogP contribution is 2.23. The smallest absolute Gasteiger partial charge is 0.234 e. The highest BCUT2D eigenvalue weighted by molar-refractivity contribution is 5.78. The van der Waals surface area contributed by atoms with Crippen LogP contribution >= 0.6 is 0 Å². The van der Waals surface area contributed by atoms with Gasteiger partial charge in [-0.1, -0.05) is 19.1 Å². The first kappa shape index (κ1) is 18.5. The monoisotopic (exact) mass is 356 g/mol. The molecule has 0 atom stereocenters. The van der Waals surface area contributed by atoms with Crippen molar-refractivity contribution in [2.24, 2.45) is 13.0 Å². The van der Waals surface area contributed by atoms with E-state index in [0.29, 0.717) is 19.7 Å². The van der Waals surface area contributed by atoms with E-state index in [0.717, 1.165) is 35.9 Å². The number of hydrogen-bond acceptors (Lipinski definition) is 4. The molecule has 6 heteroatoms. The molecular weight excluding hydrogens is 328 g/mol. The van der Waals surface area contributed by atoms with Gasteiger partial charge in [-0.3, -0.25) is 14.4 Å². The number of ether oxygens (including phenoxy) is 1. The number of aryl methyl sites for hydroxylation is 1. The van der Waals surface area contributed by atoms with Crippen molar-refractivity contribution >= 4 is 5.91 Å². The molecule has 140 valence electrons. The highest BCUT2D eigenvalue weighted by atomic mass is 16.5. The summed E-state index contributed by atoms with van der Waals surface area (Å²) in [5.74, 6) is 1.66. The van der Waals surface area contributed by atoms with Gasteiger partial charge in [0.25, 0.3) is 0 Å². The summed E-state index contributed by atoms with van der Waals surface area (Å²) in [4.78, 5) is 14.3. The van der Waals surface area contributed by atoms with E-state index in [-0.39, 0.29) is 5.91 Å². The minimum absolute atomic E-state index is 0.0762. The van der Waals surface area contributed by atoms with Crippen molar-refractivity contribution in [1.29, 1.82) is 0 Å². The number of nitrogens with one attached hydrogen (secondary N) is 1. The Morgan fingerprint density at radius 1 is 1.31 bits per heavy atom. The number of benzene rings is 1. The van der Waals surface area contributed by atoms with Crippen molar-refractivity contribution in [2.45, 2.75) is 19.8 Å². The van der Waals surface area contributed by atoms with Gasteiger partial charge in [0, 0.05) is 18.8 Å². The van der Waals surface area contributed by atoms with Crippen LogP contribution in [0.15, 0.2) is 36.7 Å². The predicted octanol–water partition coefficient (Wildman–Crippen LogP) is 2.31. The number of hydrogen-bond donors (Lipinski definition) is 1. The molecule has 1 aromatic carbocycles. The van der Waals surface area contributed by atoms with Crippen LogP contribution in [0.25, 0.3) is 11.1 Å². The summed E-state index contributed by atoms with van der Waals surface area (Å²) in [5.41, 5.74) is 2.13. The zero-order chi connectivity index (χ0) is 18.4. The molecule has 1 aromatic heterocycles. The molecule has 1 aliphatic rings. The second kappa shape index (κ2) is 8.85. The first-order chi connectivity index (χ1) is 12.6. The molecule has 1 N–H and O–H groups in total. The SMILES string of the molecule is CC1CCN(CC(=O)NCCOc2cccc(-c3cnn(C)c3)c2)CC1. The lowest BCUT2D eigenvalue weighted by atomic mass is 9.99. The fourth-order valence-electron chi connectivity index (χ4n) is 3.17. The Hall–Kier alpha value is -2.34. The molecule has 0 saturated carbocycles. The third-order valence-electron chi connectivity index (χ3n) is 4.81. The summed E-state index contributed by atoms with van der Waals surface area (Å²) in [6.45, 7) is 5.78. The van der Waals surface area contributed by atoms with Crippen LogP contribution in [0.3, 0.4) is 0 Å². The van der Waals surface area contributed by atoms with Gasteiger partial charge >= 0.3 is 0 Å². The van der Waals surface area contributed by atoms with Crippen LogP contribution in [0.2, 0.25) is 0 Å². The zero-order valence-corrected chi connectivity index (χ0v) is 15.6. The van der Waals surface area contributed by atoms with Crippen molar-refractivity contribution in [3.8, 4) is 16.9 Å². The summed E-state index contributed by atoms with van der Waals surface area (Å²) in [6, 6.07) is 7.92. The fourth-order valence-corrected chi connectivity index (χ4v) is 3.17. The van der Waals surface area contributed by atoms with E-state index >= 15 is 0 Å². The largest absolute Gasteiger partial charge is 0.492 e. The van der Waals surface area contributed by atoms with E-state index in [1.807, 2.05) is 43.7 Å². The lowest BCUT2D eigenvalue weighted by Gasteiger charge is -2.29. The maximum absolute atomic E-state index is 12.0. The van der Waals surface area contributed by atoms with Crippen molar-refractivity contribution in [2.75, 3.05) is 32.8 Å². The average Bonchev–Trinajstić information content (AvgIpc) is 3.07. The standard InChI is InChI=1S/C20H28N4O2/c1-16-6-9-24(10-7-16)15-20(25)21-8-11-26-19-5-3-4-17(12-19)18-13-22-23(2)14-18/h3-5,12-14,16H,6-11,15H2,1-2H3,(H,21,25). The molecule has 0 spiro atoms. The van der Waals surface area contributed by atoms with E-state index < -0.39 is 0 Å². The second-order valence-corrected chi connectivity index (χ2v) is 7.09. The normalized spacial score (nSPS) is 15.8. The van der Waals surface area contributed by atoms with E-state index in [4.69, 9.17) is 4.74 Å². The molecule has 0 aliphatic carbocycles. The summed E-state index contributed by atoms with van der Waals surface area (Å²) in [5, 5.41) is 7.14. The van der Waals surface area contributed by atoms with Crippen molar-refractivity contribution in [3.63, 3.8) is 0 Å². The van der Waals surface area contributed by atoms with E-state index in [9.17, 15) is 4.79 Å². The Morgan fingerprint density at radius 2 is 2.12 bits per heavy atom. The minimum atomic E-state index is 0.0762. The number of nitrogens with zero attached hydrogens (tertiary/aromatic N) is 3. The second-order valence-electron chi connectivity index (χ2n) is 7.09. The predicted molar refractivity (Wildman–Crippen MR) is 102 cm³/mol. The van der Waals surface area contributed by atoms with Gasteiger partial charge in [0.05, 0.1) is 19.3 Å². The molecule has 6 nitrogen and oxygen atoms in total. The van der Waals surface area contributed by atoms with Crippen molar-refractivity contribution in [3.05, 3.63) is 36.7 Å². The van der Waals surface area contributed by atoms with Crippen molar-refractivity contribution < 1.29 is 9.53 Å². The van der Waals surface area contributed by atoms with Crippen LogP contribution < -0.4 is 10.1 Å². The lowest BCUT2D eigenvalue weighted by molar-refractivity contribution is -0.122. The average molecular weight is 356 g/mol. The molecule has 0 unspecified atom stereocenters. The van der Waals surface area contributed by atoms with Crippen LogP contribution in [-0.2, 0) is 11.8 Å². The van der Waals surface area contributed by atoms with Gasteiger partial charge in [-0.25, -0.2) is 0 Å². The van der Waals surface area contributed by atoms with Crippen LogP contribution in [0.1, 0.15) is 19.8 Å².